The van der Waals surface area contributed by atoms with Crippen molar-refractivity contribution in [2.45, 2.75) is 26.7 Å². The zero-order valence-electron chi connectivity index (χ0n) is 13.8. The summed E-state index contributed by atoms with van der Waals surface area (Å²) in [6.07, 6.45) is 2.21. The number of fused-ring (bicyclic) bond motifs is 1. The third kappa shape index (κ3) is 3.07. The molecule has 0 atom stereocenters. The third-order valence-electron chi connectivity index (χ3n) is 4.21. The fourth-order valence-electron chi connectivity index (χ4n) is 3.08. The SMILES string of the molecule is CCCc1ccc2ccc(-c3cc(C)c(OC)c(F)c3)cc2c1. The molecule has 0 saturated heterocycles. The lowest BCUT2D eigenvalue weighted by molar-refractivity contribution is 0.383. The molecule has 0 radical (unpaired) electrons. The van der Waals surface area contributed by atoms with E-state index in [0.29, 0.717) is 5.75 Å². The van der Waals surface area contributed by atoms with Crippen LogP contribution in [-0.4, -0.2) is 7.11 Å². The lowest BCUT2D eigenvalue weighted by Crippen LogP contribution is -1.93. The Hall–Kier alpha value is -2.35. The molecule has 0 bridgehead atoms. The summed E-state index contributed by atoms with van der Waals surface area (Å²) in [4.78, 5) is 0. The Bertz CT molecular complexity index is 829. The van der Waals surface area contributed by atoms with Gasteiger partial charge in [0.15, 0.2) is 11.6 Å². The molecule has 118 valence electrons. The van der Waals surface area contributed by atoms with Crippen molar-refractivity contribution in [1.29, 1.82) is 0 Å². The molecule has 2 heteroatoms. The van der Waals surface area contributed by atoms with E-state index in [1.165, 1.54) is 23.4 Å². The van der Waals surface area contributed by atoms with Gasteiger partial charge in [0.25, 0.3) is 0 Å². The maximum absolute atomic E-state index is 14.2. The van der Waals surface area contributed by atoms with Crippen molar-refractivity contribution >= 4 is 10.8 Å². The normalized spacial score (nSPS) is 11.0. The van der Waals surface area contributed by atoms with Gasteiger partial charge in [0.2, 0.25) is 0 Å². The van der Waals surface area contributed by atoms with Gasteiger partial charge in [0.1, 0.15) is 0 Å². The van der Waals surface area contributed by atoms with Crippen LogP contribution >= 0.6 is 0 Å². The summed E-state index contributed by atoms with van der Waals surface area (Å²) in [7, 11) is 1.50. The van der Waals surface area contributed by atoms with Crippen molar-refractivity contribution in [3.63, 3.8) is 0 Å². The molecular weight excluding hydrogens is 287 g/mol. The second-order valence-corrected chi connectivity index (χ2v) is 5.95. The second-order valence-electron chi connectivity index (χ2n) is 5.95. The van der Waals surface area contributed by atoms with Crippen LogP contribution in [0.2, 0.25) is 0 Å². The van der Waals surface area contributed by atoms with Gasteiger partial charge in [0, 0.05) is 0 Å². The van der Waals surface area contributed by atoms with Crippen molar-refractivity contribution in [3.8, 4) is 16.9 Å². The molecule has 3 rings (SSSR count). The molecule has 0 aliphatic carbocycles. The summed E-state index contributed by atoms with van der Waals surface area (Å²) in [6, 6.07) is 16.4. The van der Waals surface area contributed by atoms with Gasteiger partial charge in [-0.2, -0.15) is 0 Å². The molecule has 0 aliphatic heterocycles. The molecule has 0 aliphatic rings. The van der Waals surface area contributed by atoms with E-state index < -0.39 is 0 Å². The van der Waals surface area contributed by atoms with Gasteiger partial charge in [-0.25, -0.2) is 4.39 Å². The average Bonchev–Trinajstić information content (AvgIpc) is 2.54. The molecule has 0 saturated carbocycles. The zero-order chi connectivity index (χ0) is 16.4. The Morgan fingerprint density at radius 3 is 2.39 bits per heavy atom. The monoisotopic (exact) mass is 308 g/mol. The minimum absolute atomic E-state index is 0.317. The Kier molecular flexibility index (Phi) is 4.33. The van der Waals surface area contributed by atoms with Crippen LogP contribution in [-0.2, 0) is 6.42 Å². The Morgan fingerprint density at radius 1 is 0.913 bits per heavy atom. The Labute approximate surface area is 136 Å². The second kappa shape index (κ2) is 6.41. The summed E-state index contributed by atoms with van der Waals surface area (Å²) in [6.45, 7) is 4.05. The Balaban J connectivity index is 2.09. The first kappa shape index (κ1) is 15.5. The maximum atomic E-state index is 14.2. The first-order chi connectivity index (χ1) is 11.1. The lowest BCUT2D eigenvalue weighted by Gasteiger charge is -2.10. The van der Waals surface area contributed by atoms with E-state index in [1.54, 1.807) is 6.07 Å². The summed E-state index contributed by atoms with van der Waals surface area (Å²) >= 11 is 0. The van der Waals surface area contributed by atoms with E-state index in [1.807, 2.05) is 19.1 Å². The number of hydrogen-bond acceptors (Lipinski definition) is 1. The summed E-state index contributed by atoms with van der Waals surface area (Å²) in [5, 5.41) is 2.40. The van der Waals surface area contributed by atoms with Crippen LogP contribution in [0.3, 0.4) is 0 Å². The van der Waals surface area contributed by atoms with E-state index in [0.717, 1.165) is 29.5 Å². The van der Waals surface area contributed by atoms with Gasteiger partial charge >= 0.3 is 0 Å². The maximum Gasteiger partial charge on any atom is 0.165 e. The number of benzene rings is 3. The van der Waals surface area contributed by atoms with Crippen molar-refractivity contribution in [3.05, 3.63) is 65.5 Å². The van der Waals surface area contributed by atoms with Crippen LogP contribution in [0.25, 0.3) is 21.9 Å². The number of rotatable bonds is 4. The van der Waals surface area contributed by atoms with Gasteiger partial charge in [-0.05, 0) is 64.6 Å². The summed E-state index contributed by atoms with van der Waals surface area (Å²) in [5.74, 6) is 0.00195. The molecule has 3 aromatic rings. The molecule has 0 N–H and O–H groups in total. The molecule has 0 fully saturated rings. The minimum atomic E-state index is -0.317. The topological polar surface area (TPSA) is 9.23 Å². The van der Waals surface area contributed by atoms with Gasteiger partial charge in [-0.1, -0.05) is 43.7 Å². The largest absolute Gasteiger partial charge is 0.493 e. The molecule has 0 spiro atoms. The van der Waals surface area contributed by atoms with Gasteiger partial charge in [-0.3, -0.25) is 0 Å². The van der Waals surface area contributed by atoms with Gasteiger partial charge in [-0.15, -0.1) is 0 Å². The quantitative estimate of drug-likeness (QED) is 0.581. The van der Waals surface area contributed by atoms with Crippen molar-refractivity contribution in [1.82, 2.24) is 0 Å². The Morgan fingerprint density at radius 2 is 1.70 bits per heavy atom. The molecule has 0 heterocycles. The molecule has 0 unspecified atom stereocenters. The predicted octanol–water partition coefficient (Wildman–Crippen LogP) is 5.92. The van der Waals surface area contributed by atoms with E-state index in [-0.39, 0.29) is 5.82 Å². The highest BCUT2D eigenvalue weighted by Crippen LogP contribution is 2.31. The highest BCUT2D eigenvalue weighted by atomic mass is 19.1. The molecule has 0 amide bonds. The third-order valence-corrected chi connectivity index (χ3v) is 4.21. The lowest BCUT2D eigenvalue weighted by atomic mass is 9.97. The van der Waals surface area contributed by atoms with E-state index in [4.69, 9.17) is 4.74 Å². The van der Waals surface area contributed by atoms with E-state index in [2.05, 4.69) is 37.3 Å². The highest BCUT2D eigenvalue weighted by molar-refractivity contribution is 5.88. The van der Waals surface area contributed by atoms with Crippen LogP contribution < -0.4 is 4.74 Å². The fourth-order valence-corrected chi connectivity index (χ4v) is 3.08. The molecule has 23 heavy (non-hydrogen) atoms. The highest BCUT2D eigenvalue weighted by Gasteiger charge is 2.10. The molecule has 0 aromatic heterocycles. The van der Waals surface area contributed by atoms with Crippen molar-refractivity contribution in [2.75, 3.05) is 7.11 Å². The first-order valence-electron chi connectivity index (χ1n) is 7.99. The van der Waals surface area contributed by atoms with Crippen molar-refractivity contribution < 1.29 is 9.13 Å². The number of ether oxygens (including phenoxy) is 1. The fraction of sp³-hybridized carbons (Fsp3) is 0.238. The summed E-state index contributed by atoms with van der Waals surface area (Å²) in [5.41, 5.74) is 4.05. The number of hydrogen-bond donors (Lipinski definition) is 0. The number of halogens is 1. The summed E-state index contributed by atoms with van der Waals surface area (Å²) < 4.78 is 19.3. The van der Waals surface area contributed by atoms with Crippen LogP contribution in [0, 0.1) is 12.7 Å². The number of methoxy groups -OCH3 is 1. The average molecular weight is 308 g/mol. The molecular formula is C21H21FO. The smallest absolute Gasteiger partial charge is 0.165 e. The van der Waals surface area contributed by atoms with E-state index in [9.17, 15) is 4.39 Å². The van der Waals surface area contributed by atoms with Crippen LogP contribution in [0.5, 0.6) is 5.75 Å². The first-order valence-corrected chi connectivity index (χ1v) is 7.99. The van der Waals surface area contributed by atoms with Gasteiger partial charge < -0.3 is 4.74 Å². The van der Waals surface area contributed by atoms with Crippen LogP contribution in [0.4, 0.5) is 4.39 Å². The van der Waals surface area contributed by atoms with Crippen molar-refractivity contribution in [2.24, 2.45) is 0 Å². The predicted molar refractivity (Wildman–Crippen MR) is 94.6 cm³/mol. The zero-order valence-corrected chi connectivity index (χ0v) is 13.8. The number of aryl methyl sites for hydroxylation is 2. The molecule has 1 nitrogen and oxygen atoms in total. The molecule has 3 aromatic carbocycles. The minimum Gasteiger partial charge on any atom is -0.493 e. The van der Waals surface area contributed by atoms with E-state index >= 15 is 0 Å². The van der Waals surface area contributed by atoms with Crippen LogP contribution in [0.15, 0.2) is 48.5 Å². The standard InChI is InChI=1S/C21H21FO/c1-4-5-15-6-7-16-8-9-17(12-19(16)11-15)18-10-14(2)21(23-3)20(22)13-18/h6-13H,4-5H2,1-3H3. The van der Waals surface area contributed by atoms with Crippen LogP contribution in [0.1, 0.15) is 24.5 Å². The van der Waals surface area contributed by atoms with Gasteiger partial charge in [0.05, 0.1) is 7.11 Å².